The van der Waals surface area contributed by atoms with E-state index in [0.29, 0.717) is 19.5 Å². The Hall–Kier alpha value is -1.75. The third kappa shape index (κ3) is 3.37. The topological polar surface area (TPSA) is 86.8 Å². The molecule has 0 aliphatic heterocycles. The van der Waals surface area contributed by atoms with E-state index in [2.05, 4.69) is 0 Å². The Morgan fingerprint density at radius 1 is 1.39 bits per heavy atom. The molecule has 0 aliphatic rings. The molecular weight excluding hydrogens is 232 g/mol. The number of nitrogens with zero attached hydrogens (tertiary/aromatic N) is 1. The summed E-state index contributed by atoms with van der Waals surface area (Å²) in [6, 6.07) is 3.99. The van der Waals surface area contributed by atoms with Crippen LogP contribution >= 0.6 is 0 Å². The van der Waals surface area contributed by atoms with Crippen LogP contribution in [0.5, 0.6) is 11.5 Å². The van der Waals surface area contributed by atoms with Gasteiger partial charge in [0.15, 0.2) is 0 Å². The van der Waals surface area contributed by atoms with Crippen molar-refractivity contribution in [3.8, 4) is 11.5 Å². The van der Waals surface area contributed by atoms with Crippen molar-refractivity contribution in [2.45, 2.75) is 26.3 Å². The first-order valence-corrected chi connectivity index (χ1v) is 6.00. The van der Waals surface area contributed by atoms with E-state index < -0.39 is 0 Å². The fourth-order valence-electron chi connectivity index (χ4n) is 1.71. The highest BCUT2D eigenvalue weighted by Gasteiger charge is 2.21. The molecule has 0 bridgehead atoms. The van der Waals surface area contributed by atoms with Crippen molar-refractivity contribution in [1.29, 1.82) is 0 Å². The number of carbonyl (C=O) groups is 1. The molecule has 0 heterocycles. The minimum Gasteiger partial charge on any atom is -0.508 e. The van der Waals surface area contributed by atoms with E-state index in [1.807, 2.05) is 13.8 Å². The largest absolute Gasteiger partial charge is 0.508 e. The van der Waals surface area contributed by atoms with Crippen LogP contribution in [0.15, 0.2) is 18.2 Å². The summed E-state index contributed by atoms with van der Waals surface area (Å²) < 4.78 is 0. The first-order valence-electron chi connectivity index (χ1n) is 6.00. The van der Waals surface area contributed by atoms with Gasteiger partial charge in [-0.25, -0.2) is 0 Å². The lowest BCUT2D eigenvalue weighted by Gasteiger charge is -2.27. The van der Waals surface area contributed by atoms with Crippen molar-refractivity contribution in [1.82, 2.24) is 4.90 Å². The number of rotatable bonds is 5. The van der Waals surface area contributed by atoms with E-state index in [4.69, 9.17) is 5.73 Å². The van der Waals surface area contributed by atoms with Crippen LogP contribution in [0.2, 0.25) is 0 Å². The number of hydrogen-bond acceptors (Lipinski definition) is 4. The normalized spacial score (nSPS) is 10.7. The number of phenols is 2. The van der Waals surface area contributed by atoms with Crippen LogP contribution in [0, 0.1) is 0 Å². The van der Waals surface area contributed by atoms with Gasteiger partial charge in [0, 0.05) is 18.7 Å². The molecule has 18 heavy (non-hydrogen) atoms. The number of benzene rings is 1. The average Bonchev–Trinajstić information content (AvgIpc) is 2.28. The van der Waals surface area contributed by atoms with Crippen molar-refractivity contribution in [3.63, 3.8) is 0 Å². The number of hydrogen-bond donors (Lipinski definition) is 3. The molecule has 100 valence electrons. The quantitative estimate of drug-likeness (QED) is 0.737. The van der Waals surface area contributed by atoms with Gasteiger partial charge in [0.05, 0.1) is 5.56 Å². The second-order valence-electron chi connectivity index (χ2n) is 4.44. The zero-order valence-corrected chi connectivity index (χ0v) is 10.8. The molecule has 0 fully saturated rings. The van der Waals surface area contributed by atoms with E-state index in [-0.39, 0.29) is 29.0 Å². The van der Waals surface area contributed by atoms with E-state index >= 15 is 0 Å². The fourth-order valence-corrected chi connectivity index (χ4v) is 1.71. The first-order chi connectivity index (χ1) is 8.47. The third-order valence-corrected chi connectivity index (χ3v) is 2.70. The highest BCUT2D eigenvalue weighted by molar-refractivity contribution is 5.97. The molecule has 0 aliphatic carbocycles. The Balaban J connectivity index is 2.94. The van der Waals surface area contributed by atoms with Crippen molar-refractivity contribution >= 4 is 5.91 Å². The van der Waals surface area contributed by atoms with Gasteiger partial charge in [-0.2, -0.15) is 0 Å². The number of amides is 1. The zero-order valence-electron chi connectivity index (χ0n) is 10.8. The summed E-state index contributed by atoms with van der Waals surface area (Å²) in [4.78, 5) is 13.9. The molecule has 5 nitrogen and oxygen atoms in total. The van der Waals surface area contributed by atoms with Crippen LogP contribution < -0.4 is 5.73 Å². The van der Waals surface area contributed by atoms with Gasteiger partial charge in [-0.05, 0) is 38.9 Å². The molecule has 0 saturated heterocycles. The summed E-state index contributed by atoms with van der Waals surface area (Å²) in [5.41, 5.74) is 5.64. The van der Waals surface area contributed by atoms with Crippen LogP contribution in [-0.2, 0) is 0 Å². The Morgan fingerprint density at radius 2 is 2.06 bits per heavy atom. The van der Waals surface area contributed by atoms with Gasteiger partial charge < -0.3 is 20.8 Å². The SMILES string of the molecule is CC(C)N(CCCN)C(=O)c1ccc(O)cc1O. The summed E-state index contributed by atoms with van der Waals surface area (Å²) >= 11 is 0. The lowest BCUT2D eigenvalue weighted by molar-refractivity contribution is 0.0702. The smallest absolute Gasteiger partial charge is 0.257 e. The second-order valence-corrected chi connectivity index (χ2v) is 4.44. The van der Waals surface area contributed by atoms with Crippen LogP contribution in [0.25, 0.3) is 0 Å². The predicted octanol–water partition coefficient (Wildman–Crippen LogP) is 1.30. The van der Waals surface area contributed by atoms with Gasteiger partial charge in [0.25, 0.3) is 5.91 Å². The maximum absolute atomic E-state index is 12.3. The molecule has 0 radical (unpaired) electrons. The lowest BCUT2D eigenvalue weighted by atomic mass is 10.1. The van der Waals surface area contributed by atoms with Crippen molar-refractivity contribution in [2.24, 2.45) is 5.73 Å². The van der Waals surface area contributed by atoms with Gasteiger partial charge in [-0.3, -0.25) is 4.79 Å². The minimum absolute atomic E-state index is 0.0252. The number of aromatic hydroxyl groups is 2. The Labute approximate surface area is 107 Å². The molecule has 1 aromatic carbocycles. The molecule has 1 rings (SSSR count). The van der Waals surface area contributed by atoms with Gasteiger partial charge >= 0.3 is 0 Å². The van der Waals surface area contributed by atoms with E-state index in [1.165, 1.54) is 12.1 Å². The molecule has 1 aromatic rings. The molecule has 0 aromatic heterocycles. The van der Waals surface area contributed by atoms with Gasteiger partial charge in [-0.15, -0.1) is 0 Å². The Bertz CT molecular complexity index is 419. The van der Waals surface area contributed by atoms with E-state index in [0.717, 1.165) is 6.07 Å². The molecule has 0 spiro atoms. The summed E-state index contributed by atoms with van der Waals surface area (Å²) in [5, 5.41) is 18.9. The standard InChI is InChI=1S/C13H20N2O3/c1-9(2)15(7-3-6-14)13(18)11-5-4-10(16)8-12(11)17/h4-5,8-9,16-17H,3,6-7,14H2,1-2H3. The maximum Gasteiger partial charge on any atom is 0.257 e. The van der Waals surface area contributed by atoms with Crippen LogP contribution in [0.3, 0.4) is 0 Å². The van der Waals surface area contributed by atoms with E-state index in [9.17, 15) is 15.0 Å². The zero-order chi connectivity index (χ0) is 13.7. The molecule has 5 heteroatoms. The predicted molar refractivity (Wildman–Crippen MR) is 69.6 cm³/mol. The maximum atomic E-state index is 12.3. The fraction of sp³-hybridized carbons (Fsp3) is 0.462. The molecule has 0 unspecified atom stereocenters. The van der Waals surface area contributed by atoms with Crippen LogP contribution in [-0.4, -0.2) is 40.2 Å². The first kappa shape index (κ1) is 14.3. The highest BCUT2D eigenvalue weighted by atomic mass is 16.3. The number of nitrogens with two attached hydrogens (primary N) is 1. The Kier molecular flexibility index (Phi) is 4.97. The minimum atomic E-state index is -0.254. The monoisotopic (exact) mass is 252 g/mol. The number of phenolic OH excluding ortho intramolecular Hbond substituents is 2. The van der Waals surface area contributed by atoms with Crippen molar-refractivity contribution in [2.75, 3.05) is 13.1 Å². The van der Waals surface area contributed by atoms with Crippen molar-refractivity contribution < 1.29 is 15.0 Å². The van der Waals surface area contributed by atoms with Crippen molar-refractivity contribution in [3.05, 3.63) is 23.8 Å². The number of carbonyl (C=O) groups excluding carboxylic acids is 1. The highest BCUT2D eigenvalue weighted by Crippen LogP contribution is 2.24. The molecule has 4 N–H and O–H groups in total. The summed E-state index contributed by atoms with van der Waals surface area (Å²) in [6.45, 7) is 4.88. The molecule has 1 amide bonds. The van der Waals surface area contributed by atoms with Gasteiger partial charge in [0.1, 0.15) is 11.5 Å². The van der Waals surface area contributed by atoms with E-state index in [1.54, 1.807) is 4.90 Å². The van der Waals surface area contributed by atoms with Crippen LogP contribution in [0.1, 0.15) is 30.6 Å². The molecule has 0 saturated carbocycles. The molecule has 0 atom stereocenters. The summed E-state index contributed by atoms with van der Waals surface area (Å²) in [7, 11) is 0. The third-order valence-electron chi connectivity index (χ3n) is 2.70. The van der Waals surface area contributed by atoms with Gasteiger partial charge in [0.2, 0.25) is 0 Å². The van der Waals surface area contributed by atoms with Gasteiger partial charge in [-0.1, -0.05) is 0 Å². The second kappa shape index (κ2) is 6.26. The summed E-state index contributed by atoms with van der Waals surface area (Å²) in [5.74, 6) is -0.531. The van der Waals surface area contributed by atoms with Crippen LogP contribution in [0.4, 0.5) is 0 Å². The lowest BCUT2D eigenvalue weighted by Crippen LogP contribution is -2.38. The molecular formula is C13H20N2O3. The Morgan fingerprint density at radius 3 is 2.56 bits per heavy atom. The summed E-state index contributed by atoms with van der Waals surface area (Å²) in [6.07, 6.45) is 0.711. The average molecular weight is 252 g/mol.